The van der Waals surface area contributed by atoms with Crippen molar-refractivity contribution in [3.05, 3.63) is 29.0 Å². The molecule has 1 fully saturated rings. The summed E-state index contributed by atoms with van der Waals surface area (Å²) in [7, 11) is -3.29. The van der Waals surface area contributed by atoms with Crippen LogP contribution in [0, 0.1) is 0 Å². The van der Waals surface area contributed by atoms with E-state index in [2.05, 4.69) is 9.71 Å². The summed E-state index contributed by atoms with van der Waals surface area (Å²) in [5, 5.41) is 0.368. The molecular formula is C11H15ClN2O2S2. The Bertz CT molecular complexity index is 484. The quantitative estimate of drug-likeness (QED) is 0.865. The first-order valence-electron chi connectivity index (χ1n) is 5.73. The standard InChI is InChI=1S/C11H15ClN2O2S2/c12-11-4-3-9(6-13-11)8-18(15,16)14-10-2-1-5-17-7-10/h3-4,6,10,14H,1-2,5,7-8H2/t10-/m1/s1. The Labute approximate surface area is 117 Å². The lowest BCUT2D eigenvalue weighted by Gasteiger charge is -2.22. The largest absolute Gasteiger partial charge is 0.244 e. The van der Waals surface area contributed by atoms with Crippen LogP contribution in [0.2, 0.25) is 5.15 Å². The molecule has 2 heterocycles. The van der Waals surface area contributed by atoms with Crippen LogP contribution in [0.5, 0.6) is 0 Å². The molecule has 1 atom stereocenters. The zero-order chi connectivity index (χ0) is 13.0. The maximum absolute atomic E-state index is 12.0. The number of hydrogen-bond donors (Lipinski definition) is 1. The second kappa shape index (κ2) is 6.23. The summed E-state index contributed by atoms with van der Waals surface area (Å²) in [6.45, 7) is 0. The second-order valence-electron chi connectivity index (χ2n) is 4.28. The zero-order valence-corrected chi connectivity index (χ0v) is 12.2. The molecule has 0 spiro atoms. The molecule has 0 amide bonds. The first-order valence-corrected chi connectivity index (χ1v) is 8.92. The SMILES string of the molecule is O=S(=O)(Cc1ccc(Cl)nc1)N[C@@H]1CCCSC1. The number of pyridine rings is 1. The van der Waals surface area contributed by atoms with Gasteiger partial charge < -0.3 is 0 Å². The average Bonchev–Trinajstić information content (AvgIpc) is 2.32. The van der Waals surface area contributed by atoms with Gasteiger partial charge in [-0.25, -0.2) is 18.1 Å². The van der Waals surface area contributed by atoms with Crippen molar-refractivity contribution in [2.24, 2.45) is 0 Å². The summed E-state index contributed by atoms with van der Waals surface area (Å²) >= 11 is 7.45. The van der Waals surface area contributed by atoms with E-state index >= 15 is 0 Å². The van der Waals surface area contributed by atoms with Gasteiger partial charge in [0.25, 0.3) is 0 Å². The van der Waals surface area contributed by atoms with Gasteiger partial charge in [-0.2, -0.15) is 11.8 Å². The Balaban J connectivity index is 1.96. The molecule has 0 saturated carbocycles. The van der Waals surface area contributed by atoms with Crippen LogP contribution in [0.1, 0.15) is 18.4 Å². The van der Waals surface area contributed by atoms with Crippen molar-refractivity contribution < 1.29 is 8.42 Å². The Morgan fingerprint density at radius 3 is 2.94 bits per heavy atom. The summed E-state index contributed by atoms with van der Waals surface area (Å²) in [6, 6.07) is 3.35. The van der Waals surface area contributed by atoms with Gasteiger partial charge in [0.05, 0.1) is 5.75 Å². The van der Waals surface area contributed by atoms with Gasteiger partial charge in [0.1, 0.15) is 5.15 Å². The lowest BCUT2D eigenvalue weighted by Crippen LogP contribution is -2.38. The molecule has 1 aromatic heterocycles. The molecule has 1 aliphatic heterocycles. The lowest BCUT2D eigenvalue weighted by atomic mass is 10.2. The number of nitrogens with one attached hydrogen (secondary N) is 1. The van der Waals surface area contributed by atoms with Gasteiger partial charge in [0.2, 0.25) is 10.0 Å². The third-order valence-electron chi connectivity index (χ3n) is 2.65. The van der Waals surface area contributed by atoms with Crippen LogP contribution in [0.15, 0.2) is 18.3 Å². The third kappa shape index (κ3) is 4.42. The average molecular weight is 307 g/mol. The highest BCUT2D eigenvalue weighted by Gasteiger charge is 2.20. The van der Waals surface area contributed by atoms with E-state index in [-0.39, 0.29) is 11.8 Å². The number of aromatic nitrogens is 1. The Morgan fingerprint density at radius 2 is 2.33 bits per heavy atom. The van der Waals surface area contributed by atoms with Gasteiger partial charge in [-0.15, -0.1) is 0 Å². The van der Waals surface area contributed by atoms with Gasteiger partial charge in [0.15, 0.2) is 0 Å². The van der Waals surface area contributed by atoms with Crippen LogP contribution in [-0.4, -0.2) is 30.9 Å². The maximum Gasteiger partial charge on any atom is 0.216 e. The molecular weight excluding hydrogens is 292 g/mol. The van der Waals surface area contributed by atoms with E-state index in [4.69, 9.17) is 11.6 Å². The van der Waals surface area contributed by atoms with Crippen molar-refractivity contribution in [2.75, 3.05) is 11.5 Å². The van der Waals surface area contributed by atoms with E-state index in [1.807, 2.05) is 0 Å². The van der Waals surface area contributed by atoms with Crippen molar-refractivity contribution in [3.63, 3.8) is 0 Å². The van der Waals surface area contributed by atoms with Crippen LogP contribution in [0.4, 0.5) is 0 Å². The summed E-state index contributed by atoms with van der Waals surface area (Å²) < 4.78 is 26.7. The molecule has 18 heavy (non-hydrogen) atoms. The topological polar surface area (TPSA) is 59.1 Å². The zero-order valence-electron chi connectivity index (χ0n) is 9.80. The number of nitrogens with zero attached hydrogens (tertiary/aromatic N) is 1. The Hall–Kier alpha value is -0.300. The Morgan fingerprint density at radius 1 is 1.50 bits per heavy atom. The monoisotopic (exact) mass is 306 g/mol. The fraction of sp³-hybridized carbons (Fsp3) is 0.545. The van der Waals surface area contributed by atoms with Crippen molar-refractivity contribution >= 4 is 33.4 Å². The number of hydrogen-bond acceptors (Lipinski definition) is 4. The van der Waals surface area contributed by atoms with Crippen molar-refractivity contribution in [3.8, 4) is 0 Å². The molecule has 1 N–H and O–H groups in total. The van der Waals surface area contributed by atoms with Gasteiger partial charge in [-0.05, 0) is 30.2 Å². The van der Waals surface area contributed by atoms with Crippen LogP contribution in [-0.2, 0) is 15.8 Å². The molecule has 1 saturated heterocycles. The molecule has 1 aliphatic rings. The molecule has 7 heteroatoms. The molecule has 0 aliphatic carbocycles. The third-order valence-corrected chi connectivity index (χ3v) is 5.50. The molecule has 2 rings (SSSR count). The maximum atomic E-state index is 12.0. The highest BCUT2D eigenvalue weighted by atomic mass is 35.5. The number of sulfonamides is 1. The predicted octanol–water partition coefficient (Wildman–Crippen LogP) is 2.05. The Kier molecular flexibility index (Phi) is 4.89. The molecule has 100 valence electrons. The molecule has 0 unspecified atom stereocenters. The first kappa shape index (κ1) is 14.1. The van der Waals surface area contributed by atoms with Crippen LogP contribution in [0.25, 0.3) is 0 Å². The minimum atomic E-state index is -3.29. The van der Waals surface area contributed by atoms with Crippen molar-refractivity contribution in [1.29, 1.82) is 0 Å². The summed E-state index contributed by atoms with van der Waals surface area (Å²) in [4.78, 5) is 3.88. The van der Waals surface area contributed by atoms with E-state index in [0.717, 1.165) is 24.3 Å². The smallest absolute Gasteiger partial charge is 0.216 e. The van der Waals surface area contributed by atoms with Gasteiger partial charge in [-0.3, -0.25) is 0 Å². The summed E-state index contributed by atoms with van der Waals surface area (Å²) in [5.41, 5.74) is 0.648. The predicted molar refractivity (Wildman–Crippen MR) is 75.4 cm³/mol. The highest BCUT2D eigenvalue weighted by molar-refractivity contribution is 7.99. The lowest BCUT2D eigenvalue weighted by molar-refractivity contribution is 0.542. The normalized spacial score (nSPS) is 20.8. The molecule has 0 aromatic carbocycles. The first-order chi connectivity index (χ1) is 8.55. The van der Waals surface area contributed by atoms with Gasteiger partial charge in [-0.1, -0.05) is 17.7 Å². The van der Waals surface area contributed by atoms with E-state index in [9.17, 15) is 8.42 Å². The molecule has 0 radical (unpaired) electrons. The number of thioether (sulfide) groups is 1. The molecule has 0 bridgehead atoms. The highest BCUT2D eigenvalue weighted by Crippen LogP contribution is 2.18. The number of halogens is 1. The number of rotatable bonds is 4. The van der Waals surface area contributed by atoms with Crippen LogP contribution >= 0.6 is 23.4 Å². The minimum absolute atomic E-state index is 0.0433. The van der Waals surface area contributed by atoms with Gasteiger partial charge in [0, 0.05) is 18.0 Å². The van der Waals surface area contributed by atoms with Crippen molar-refractivity contribution in [2.45, 2.75) is 24.6 Å². The van der Waals surface area contributed by atoms with Gasteiger partial charge >= 0.3 is 0 Å². The summed E-state index contributed by atoms with van der Waals surface area (Å²) in [6.07, 6.45) is 3.49. The van der Waals surface area contributed by atoms with E-state index in [1.165, 1.54) is 6.20 Å². The van der Waals surface area contributed by atoms with E-state index in [1.54, 1.807) is 23.9 Å². The van der Waals surface area contributed by atoms with E-state index < -0.39 is 10.0 Å². The second-order valence-corrected chi connectivity index (χ2v) is 7.57. The van der Waals surface area contributed by atoms with E-state index in [0.29, 0.717) is 10.7 Å². The molecule has 1 aromatic rings. The summed E-state index contributed by atoms with van der Waals surface area (Å²) in [5.74, 6) is 1.94. The minimum Gasteiger partial charge on any atom is -0.244 e. The van der Waals surface area contributed by atoms with Crippen molar-refractivity contribution in [1.82, 2.24) is 9.71 Å². The fourth-order valence-electron chi connectivity index (χ4n) is 1.84. The van der Waals surface area contributed by atoms with Crippen LogP contribution in [0.3, 0.4) is 0 Å². The van der Waals surface area contributed by atoms with Crippen LogP contribution < -0.4 is 4.72 Å². The molecule has 4 nitrogen and oxygen atoms in total. The fourth-order valence-corrected chi connectivity index (χ4v) is 4.53.